The summed E-state index contributed by atoms with van der Waals surface area (Å²) in [6.07, 6.45) is 3.32. The molecule has 1 aromatic carbocycles. The number of nitrogens with zero attached hydrogens (tertiary/aromatic N) is 1. The number of carbonyl (C=O) groups excluding carboxylic acids is 4. The Bertz CT molecular complexity index is 817. The predicted molar refractivity (Wildman–Crippen MR) is 106 cm³/mol. The van der Waals surface area contributed by atoms with Crippen LogP contribution in [0.4, 0.5) is 4.79 Å². The highest BCUT2D eigenvalue weighted by Gasteiger charge is 2.55. The Morgan fingerprint density at radius 2 is 1.90 bits per heavy atom. The minimum atomic E-state index is -0.913. The van der Waals surface area contributed by atoms with Crippen LogP contribution in [0.5, 0.6) is 0 Å². The Balaban J connectivity index is 1.56. The van der Waals surface area contributed by atoms with E-state index in [2.05, 4.69) is 19.2 Å². The van der Waals surface area contributed by atoms with Crippen molar-refractivity contribution in [3.8, 4) is 0 Å². The third kappa shape index (κ3) is 4.18. The summed E-state index contributed by atoms with van der Waals surface area (Å²) in [6.45, 7) is 5.16. The molecule has 1 aliphatic carbocycles. The maximum absolute atomic E-state index is 12.9. The van der Waals surface area contributed by atoms with E-state index in [9.17, 15) is 19.2 Å². The van der Waals surface area contributed by atoms with E-state index in [1.54, 1.807) is 12.1 Å². The largest absolute Gasteiger partial charge is 0.456 e. The summed E-state index contributed by atoms with van der Waals surface area (Å²) in [7, 11) is 0. The molecular formula is C22H28N2O5. The van der Waals surface area contributed by atoms with Crippen molar-refractivity contribution in [2.24, 2.45) is 5.92 Å². The summed E-state index contributed by atoms with van der Waals surface area (Å²) in [4.78, 5) is 50.5. The molecule has 3 amide bonds. The SMILES string of the molecule is CC(C)c1ccc(C(=O)COC(=O)CN2C(=O)N[C@]3(CCCC[C@@H]3C)C2=O)cc1. The minimum Gasteiger partial charge on any atom is -0.456 e. The first-order valence-corrected chi connectivity index (χ1v) is 10.2. The van der Waals surface area contributed by atoms with Gasteiger partial charge in [-0.3, -0.25) is 19.3 Å². The molecule has 2 fully saturated rings. The predicted octanol–water partition coefficient (Wildman–Crippen LogP) is 3.04. The van der Waals surface area contributed by atoms with Gasteiger partial charge >= 0.3 is 12.0 Å². The zero-order valence-corrected chi connectivity index (χ0v) is 17.2. The van der Waals surface area contributed by atoms with Gasteiger partial charge in [-0.15, -0.1) is 0 Å². The number of hydrogen-bond donors (Lipinski definition) is 1. The molecule has 1 aromatic rings. The lowest BCUT2D eigenvalue weighted by Crippen LogP contribution is -2.54. The molecule has 1 aliphatic heterocycles. The lowest BCUT2D eigenvalue weighted by Gasteiger charge is -2.36. The monoisotopic (exact) mass is 400 g/mol. The number of hydrogen-bond acceptors (Lipinski definition) is 5. The van der Waals surface area contributed by atoms with Crippen LogP contribution in [-0.2, 0) is 14.3 Å². The van der Waals surface area contributed by atoms with Crippen molar-refractivity contribution in [2.75, 3.05) is 13.2 Å². The fourth-order valence-corrected chi connectivity index (χ4v) is 4.10. The molecule has 0 aromatic heterocycles. The Hall–Kier alpha value is -2.70. The summed E-state index contributed by atoms with van der Waals surface area (Å²) in [5, 5.41) is 2.79. The van der Waals surface area contributed by atoms with Crippen LogP contribution in [0.2, 0.25) is 0 Å². The molecule has 1 N–H and O–H groups in total. The van der Waals surface area contributed by atoms with Gasteiger partial charge in [0, 0.05) is 5.56 Å². The molecule has 0 radical (unpaired) electrons. The Kier molecular flexibility index (Phi) is 6.05. The topological polar surface area (TPSA) is 92.8 Å². The van der Waals surface area contributed by atoms with Gasteiger partial charge in [0.05, 0.1) is 0 Å². The standard InChI is InChI=1S/C22H28N2O5/c1-14(2)16-7-9-17(10-8-16)18(25)13-29-19(26)12-24-20(27)22(23-21(24)28)11-5-4-6-15(22)3/h7-10,14-15H,4-6,11-13H2,1-3H3,(H,23,28)/t15-,22-/m0/s1. The summed E-state index contributed by atoms with van der Waals surface area (Å²) in [5.74, 6) is -1.10. The zero-order valence-electron chi connectivity index (χ0n) is 17.2. The number of benzene rings is 1. The number of Topliss-reactive ketones (excluding diaryl/α,β-unsaturated/α-hetero) is 1. The lowest BCUT2D eigenvalue weighted by molar-refractivity contribution is -0.147. The van der Waals surface area contributed by atoms with Gasteiger partial charge in [-0.25, -0.2) is 4.79 Å². The maximum Gasteiger partial charge on any atom is 0.326 e. The van der Waals surface area contributed by atoms with E-state index in [1.807, 2.05) is 19.1 Å². The van der Waals surface area contributed by atoms with E-state index in [0.717, 1.165) is 29.7 Å². The van der Waals surface area contributed by atoms with Gasteiger partial charge in [0.2, 0.25) is 0 Å². The van der Waals surface area contributed by atoms with E-state index >= 15 is 0 Å². The highest BCUT2D eigenvalue weighted by atomic mass is 16.5. The third-order valence-electron chi connectivity index (χ3n) is 6.05. The lowest BCUT2D eigenvalue weighted by atomic mass is 9.73. The highest BCUT2D eigenvalue weighted by Crippen LogP contribution is 2.38. The van der Waals surface area contributed by atoms with Crippen molar-refractivity contribution in [1.29, 1.82) is 0 Å². The second-order valence-corrected chi connectivity index (χ2v) is 8.30. The number of esters is 1. The molecule has 1 spiro atoms. The Labute approximate surface area is 170 Å². The average Bonchev–Trinajstić information content (AvgIpc) is 2.93. The number of imide groups is 1. The summed E-state index contributed by atoms with van der Waals surface area (Å²) < 4.78 is 5.03. The molecule has 29 heavy (non-hydrogen) atoms. The summed E-state index contributed by atoms with van der Waals surface area (Å²) in [6, 6.07) is 6.58. The van der Waals surface area contributed by atoms with Crippen LogP contribution in [0, 0.1) is 5.92 Å². The second-order valence-electron chi connectivity index (χ2n) is 8.30. The van der Waals surface area contributed by atoms with Crippen LogP contribution < -0.4 is 5.32 Å². The maximum atomic E-state index is 12.9. The van der Waals surface area contributed by atoms with Gasteiger partial charge in [-0.2, -0.15) is 0 Å². The van der Waals surface area contributed by atoms with Crippen molar-refractivity contribution in [1.82, 2.24) is 10.2 Å². The van der Waals surface area contributed by atoms with E-state index in [-0.39, 0.29) is 17.6 Å². The van der Waals surface area contributed by atoms with E-state index in [0.29, 0.717) is 17.9 Å². The quantitative estimate of drug-likeness (QED) is 0.450. The summed E-state index contributed by atoms with van der Waals surface area (Å²) in [5.41, 5.74) is 0.652. The van der Waals surface area contributed by atoms with Gasteiger partial charge in [-0.05, 0) is 30.2 Å². The van der Waals surface area contributed by atoms with E-state index in [4.69, 9.17) is 4.74 Å². The van der Waals surface area contributed by atoms with Gasteiger partial charge in [0.1, 0.15) is 12.1 Å². The minimum absolute atomic E-state index is 0.0177. The number of carbonyl (C=O) groups is 4. The molecule has 1 saturated carbocycles. The van der Waals surface area contributed by atoms with Crippen molar-refractivity contribution >= 4 is 23.7 Å². The Morgan fingerprint density at radius 3 is 2.52 bits per heavy atom. The van der Waals surface area contributed by atoms with Crippen molar-refractivity contribution in [2.45, 2.75) is 57.9 Å². The van der Waals surface area contributed by atoms with Gasteiger partial charge < -0.3 is 10.1 Å². The van der Waals surface area contributed by atoms with Crippen LogP contribution >= 0.6 is 0 Å². The molecular weight excluding hydrogens is 372 g/mol. The first-order valence-electron chi connectivity index (χ1n) is 10.2. The van der Waals surface area contributed by atoms with Crippen LogP contribution in [0.1, 0.15) is 68.3 Å². The van der Waals surface area contributed by atoms with Crippen LogP contribution in [0.15, 0.2) is 24.3 Å². The molecule has 156 valence electrons. The third-order valence-corrected chi connectivity index (χ3v) is 6.05. The summed E-state index contributed by atoms with van der Waals surface area (Å²) >= 11 is 0. The number of urea groups is 1. The highest BCUT2D eigenvalue weighted by molar-refractivity contribution is 6.09. The van der Waals surface area contributed by atoms with Crippen LogP contribution in [0.3, 0.4) is 0 Å². The molecule has 2 aliphatic rings. The normalized spacial score (nSPS) is 24.1. The Morgan fingerprint density at radius 1 is 1.21 bits per heavy atom. The molecule has 0 unspecified atom stereocenters. The van der Waals surface area contributed by atoms with Gasteiger partial charge in [-0.1, -0.05) is 57.9 Å². The molecule has 7 nitrogen and oxygen atoms in total. The molecule has 1 saturated heterocycles. The molecule has 7 heteroatoms. The van der Waals surface area contributed by atoms with Crippen LogP contribution in [0.25, 0.3) is 0 Å². The molecule has 0 bridgehead atoms. The fraction of sp³-hybridized carbons (Fsp3) is 0.545. The van der Waals surface area contributed by atoms with Crippen molar-refractivity contribution in [3.63, 3.8) is 0 Å². The van der Waals surface area contributed by atoms with Crippen molar-refractivity contribution in [3.05, 3.63) is 35.4 Å². The first kappa shape index (κ1) is 21.0. The van der Waals surface area contributed by atoms with Gasteiger partial charge in [0.25, 0.3) is 5.91 Å². The number of ether oxygens (including phenoxy) is 1. The van der Waals surface area contributed by atoms with E-state index < -0.39 is 30.7 Å². The van der Waals surface area contributed by atoms with Crippen LogP contribution in [-0.4, -0.2) is 47.3 Å². The fourth-order valence-electron chi connectivity index (χ4n) is 4.10. The van der Waals surface area contributed by atoms with Gasteiger partial charge in [0.15, 0.2) is 12.4 Å². The van der Waals surface area contributed by atoms with E-state index in [1.165, 1.54) is 0 Å². The molecule has 1 heterocycles. The molecule has 2 atom stereocenters. The average molecular weight is 400 g/mol. The van der Waals surface area contributed by atoms with Crippen molar-refractivity contribution < 1.29 is 23.9 Å². The number of amides is 3. The first-order chi connectivity index (χ1) is 13.7. The smallest absolute Gasteiger partial charge is 0.326 e. The number of nitrogens with one attached hydrogen (secondary N) is 1. The number of ketones is 1. The zero-order chi connectivity index (χ0) is 21.2. The molecule has 3 rings (SSSR count). The second kappa shape index (κ2) is 8.35. The number of rotatable bonds is 6.